The zero-order valence-electron chi connectivity index (χ0n) is 19.4. The predicted octanol–water partition coefficient (Wildman–Crippen LogP) is 3.72. The Morgan fingerprint density at radius 1 is 1.08 bits per heavy atom. The lowest BCUT2D eigenvalue weighted by molar-refractivity contribution is -0.142. The van der Waals surface area contributed by atoms with Gasteiger partial charge in [0, 0.05) is 12.1 Å². The molecule has 0 radical (unpaired) electrons. The average Bonchev–Trinajstić information content (AvgIpc) is 3.44. The van der Waals surface area contributed by atoms with Crippen LogP contribution in [0.2, 0.25) is 0 Å². The topological polar surface area (TPSA) is 139 Å². The van der Waals surface area contributed by atoms with E-state index in [1.807, 2.05) is 0 Å². The highest BCUT2D eigenvalue weighted by atomic mass is 32.2. The van der Waals surface area contributed by atoms with Crippen molar-refractivity contribution in [3.63, 3.8) is 0 Å². The summed E-state index contributed by atoms with van der Waals surface area (Å²) in [6.07, 6.45) is -8.82. The molecule has 1 aromatic carbocycles. The fourth-order valence-electron chi connectivity index (χ4n) is 3.40. The molecule has 3 heterocycles. The number of fused-ring (bicyclic) bond motifs is 1. The number of hydrogen-bond acceptors (Lipinski definition) is 8. The van der Waals surface area contributed by atoms with Crippen LogP contribution in [0.3, 0.4) is 0 Å². The summed E-state index contributed by atoms with van der Waals surface area (Å²) in [5.41, 5.74) is -3.78. The van der Waals surface area contributed by atoms with Crippen LogP contribution in [-0.2, 0) is 22.4 Å². The summed E-state index contributed by atoms with van der Waals surface area (Å²) in [5.74, 6) is -1.02. The molecule has 4 rings (SSSR count). The average molecular weight is 595 g/mol. The number of aliphatic hydroxyl groups excluding tert-OH is 1. The van der Waals surface area contributed by atoms with Gasteiger partial charge in [-0.25, -0.2) is 27.6 Å². The SMILES string of the molecule is Cc1nc(NC(=O)c2cnn3c(C(F)(F)F)cc(-c4ccc(C(F)(F)F)cc4)nc23)sc1S(=O)(=O)NCCO. The Kier molecular flexibility index (Phi) is 7.41. The van der Waals surface area contributed by atoms with Crippen LogP contribution >= 0.6 is 11.3 Å². The van der Waals surface area contributed by atoms with Gasteiger partial charge in [0.1, 0.15) is 5.56 Å². The van der Waals surface area contributed by atoms with Gasteiger partial charge in [-0.2, -0.15) is 31.4 Å². The van der Waals surface area contributed by atoms with E-state index in [-0.39, 0.29) is 32.8 Å². The van der Waals surface area contributed by atoms with Crippen molar-refractivity contribution in [1.29, 1.82) is 0 Å². The summed E-state index contributed by atoms with van der Waals surface area (Å²) in [5, 5.41) is 14.5. The van der Waals surface area contributed by atoms with Gasteiger partial charge in [-0.3, -0.25) is 10.1 Å². The zero-order valence-corrected chi connectivity index (χ0v) is 21.1. The molecule has 39 heavy (non-hydrogen) atoms. The van der Waals surface area contributed by atoms with E-state index in [0.29, 0.717) is 34.1 Å². The van der Waals surface area contributed by atoms with E-state index in [4.69, 9.17) is 5.11 Å². The Morgan fingerprint density at radius 2 is 1.74 bits per heavy atom. The molecule has 0 aliphatic rings. The first kappa shape index (κ1) is 28.4. The number of halogens is 6. The number of nitrogens with zero attached hydrogens (tertiary/aromatic N) is 4. The van der Waals surface area contributed by atoms with Gasteiger partial charge in [0.25, 0.3) is 15.9 Å². The van der Waals surface area contributed by atoms with Gasteiger partial charge in [0.2, 0.25) is 0 Å². The minimum absolute atomic E-state index is 0.0164. The highest BCUT2D eigenvalue weighted by Crippen LogP contribution is 2.35. The van der Waals surface area contributed by atoms with Crippen molar-refractivity contribution >= 4 is 38.0 Å². The van der Waals surface area contributed by atoms with E-state index in [1.165, 1.54) is 6.92 Å². The molecule has 0 saturated carbocycles. The maximum absolute atomic E-state index is 13.8. The fraction of sp³-hybridized carbons (Fsp3) is 0.238. The number of amides is 1. The molecule has 0 aliphatic carbocycles. The zero-order chi connectivity index (χ0) is 28.8. The Hall–Kier alpha value is -3.61. The second-order valence-electron chi connectivity index (χ2n) is 7.86. The molecule has 4 aromatic rings. The lowest BCUT2D eigenvalue weighted by Crippen LogP contribution is -2.26. The molecule has 1 amide bonds. The first-order valence-electron chi connectivity index (χ1n) is 10.6. The van der Waals surface area contributed by atoms with E-state index in [9.17, 15) is 39.6 Å². The smallest absolute Gasteiger partial charge is 0.395 e. The van der Waals surface area contributed by atoms with Crippen LogP contribution in [0.1, 0.15) is 27.3 Å². The van der Waals surface area contributed by atoms with E-state index < -0.39 is 57.4 Å². The molecule has 0 bridgehead atoms. The number of alkyl halides is 6. The number of sulfonamides is 1. The standard InChI is InChI=1S/C21H16F6N6O4S2/c1-10-18(39(36,37)29-6-7-34)38-19(30-10)32-17(35)13-9-28-33-15(21(25,26)27)8-14(31-16(13)33)11-2-4-12(5-3-11)20(22,23)24/h2-5,8-9,29,34H,6-7H2,1H3,(H,30,32,35). The third-order valence-corrected chi connectivity index (χ3v) is 8.28. The van der Waals surface area contributed by atoms with Crippen molar-refractivity contribution in [2.24, 2.45) is 0 Å². The molecular formula is C21H16F6N6O4S2. The van der Waals surface area contributed by atoms with Crippen LogP contribution < -0.4 is 10.0 Å². The second-order valence-corrected chi connectivity index (χ2v) is 10.8. The van der Waals surface area contributed by atoms with Crippen molar-refractivity contribution in [3.8, 4) is 11.3 Å². The number of anilines is 1. The van der Waals surface area contributed by atoms with Crippen molar-refractivity contribution in [1.82, 2.24) is 24.3 Å². The number of benzene rings is 1. The normalized spacial score (nSPS) is 12.7. The number of carbonyl (C=O) groups excluding carboxylic acids is 1. The Morgan fingerprint density at radius 3 is 2.33 bits per heavy atom. The van der Waals surface area contributed by atoms with Crippen LogP contribution in [0.4, 0.5) is 31.5 Å². The largest absolute Gasteiger partial charge is 0.433 e. The van der Waals surface area contributed by atoms with E-state index in [1.54, 1.807) is 0 Å². The van der Waals surface area contributed by atoms with Gasteiger partial charge in [0.15, 0.2) is 20.7 Å². The lowest BCUT2D eigenvalue weighted by Gasteiger charge is -2.12. The van der Waals surface area contributed by atoms with Crippen molar-refractivity contribution < 1.29 is 44.7 Å². The monoisotopic (exact) mass is 594 g/mol. The van der Waals surface area contributed by atoms with Gasteiger partial charge >= 0.3 is 12.4 Å². The van der Waals surface area contributed by atoms with E-state index in [2.05, 4.69) is 25.1 Å². The number of hydrogen-bond donors (Lipinski definition) is 3. The van der Waals surface area contributed by atoms with Gasteiger partial charge in [-0.15, -0.1) is 0 Å². The minimum atomic E-state index is -4.97. The van der Waals surface area contributed by atoms with Crippen LogP contribution in [0.25, 0.3) is 16.9 Å². The molecule has 0 saturated heterocycles. The molecule has 0 spiro atoms. The summed E-state index contributed by atoms with van der Waals surface area (Å²) < 4.78 is 107. The molecule has 0 fully saturated rings. The Balaban J connectivity index is 1.74. The summed E-state index contributed by atoms with van der Waals surface area (Å²) in [6, 6.07) is 3.85. The summed E-state index contributed by atoms with van der Waals surface area (Å²) >= 11 is 0.564. The van der Waals surface area contributed by atoms with Crippen molar-refractivity contribution in [2.45, 2.75) is 23.5 Å². The molecule has 18 heteroatoms. The van der Waals surface area contributed by atoms with E-state index >= 15 is 0 Å². The number of thiazole rings is 1. The molecule has 3 aromatic heterocycles. The van der Waals surface area contributed by atoms with Gasteiger partial charge < -0.3 is 5.11 Å². The third kappa shape index (κ3) is 5.87. The number of nitrogens with one attached hydrogen (secondary N) is 2. The molecule has 3 N–H and O–H groups in total. The molecule has 10 nitrogen and oxygen atoms in total. The van der Waals surface area contributed by atoms with Crippen LogP contribution in [0.15, 0.2) is 40.7 Å². The summed E-state index contributed by atoms with van der Waals surface area (Å²) in [6.45, 7) is 0.623. The quantitative estimate of drug-likeness (QED) is 0.277. The number of aliphatic hydroxyl groups is 1. The van der Waals surface area contributed by atoms with Crippen molar-refractivity contribution in [3.05, 3.63) is 59.0 Å². The second kappa shape index (κ2) is 10.2. The molecular weight excluding hydrogens is 578 g/mol. The molecule has 0 aliphatic heterocycles. The highest BCUT2D eigenvalue weighted by Gasteiger charge is 2.36. The first-order chi connectivity index (χ1) is 18.1. The first-order valence-corrected chi connectivity index (χ1v) is 12.9. The van der Waals surface area contributed by atoms with Gasteiger partial charge in [0.05, 0.1) is 29.8 Å². The van der Waals surface area contributed by atoms with Gasteiger partial charge in [-0.1, -0.05) is 23.5 Å². The third-order valence-electron chi connectivity index (χ3n) is 5.14. The molecule has 0 unspecified atom stereocenters. The molecule has 0 atom stereocenters. The maximum atomic E-state index is 13.8. The lowest BCUT2D eigenvalue weighted by atomic mass is 10.1. The summed E-state index contributed by atoms with van der Waals surface area (Å²) in [4.78, 5) is 20.9. The van der Waals surface area contributed by atoms with Crippen LogP contribution in [-0.4, -0.2) is 52.2 Å². The number of carbonyl (C=O) groups is 1. The van der Waals surface area contributed by atoms with E-state index in [0.717, 1.165) is 18.3 Å². The van der Waals surface area contributed by atoms with Crippen LogP contribution in [0.5, 0.6) is 0 Å². The molecule has 208 valence electrons. The Labute approximate surface area is 219 Å². The van der Waals surface area contributed by atoms with Crippen molar-refractivity contribution in [2.75, 3.05) is 18.5 Å². The number of aromatic nitrogens is 4. The van der Waals surface area contributed by atoms with Gasteiger partial charge in [-0.05, 0) is 25.1 Å². The Bertz CT molecular complexity index is 1650. The number of aryl methyl sites for hydroxylation is 1. The maximum Gasteiger partial charge on any atom is 0.433 e. The summed E-state index contributed by atoms with van der Waals surface area (Å²) in [7, 11) is -4.06. The predicted molar refractivity (Wildman–Crippen MR) is 126 cm³/mol. The van der Waals surface area contributed by atoms with Crippen LogP contribution in [0, 0.1) is 6.92 Å². The number of rotatable bonds is 7. The minimum Gasteiger partial charge on any atom is -0.395 e. The highest BCUT2D eigenvalue weighted by molar-refractivity contribution is 7.91. The fourth-order valence-corrected chi connectivity index (χ4v) is 5.87.